The minimum absolute atomic E-state index is 0.274. The Morgan fingerprint density at radius 1 is 1.27 bits per heavy atom. The van der Waals surface area contributed by atoms with Crippen LogP contribution >= 0.6 is 0 Å². The summed E-state index contributed by atoms with van der Waals surface area (Å²) in [6.07, 6.45) is 1.52. The van der Waals surface area contributed by atoms with E-state index in [0.29, 0.717) is 6.29 Å². The zero-order valence-corrected chi connectivity index (χ0v) is 9.53. The second-order valence-corrected chi connectivity index (χ2v) is 3.22. The molecule has 1 aromatic rings. The number of hydrogen-bond acceptors (Lipinski definition) is 4. The fourth-order valence-corrected chi connectivity index (χ4v) is 1.45. The number of carbonyl (C=O) groups excluding carboxylic acids is 1. The number of anilines is 1. The molecule has 0 aromatic carbocycles. The third-order valence-corrected chi connectivity index (χ3v) is 2.34. The van der Waals surface area contributed by atoms with Gasteiger partial charge in [0, 0.05) is 24.8 Å². The highest BCUT2D eigenvalue weighted by Gasteiger charge is 2.07. The molecule has 0 unspecified atom stereocenters. The van der Waals surface area contributed by atoms with Crippen LogP contribution in [0, 0.1) is 0 Å². The predicted molar refractivity (Wildman–Crippen MR) is 60.4 cm³/mol. The molecule has 1 aromatic heterocycles. The van der Waals surface area contributed by atoms with Crippen molar-refractivity contribution in [1.29, 1.82) is 0 Å². The van der Waals surface area contributed by atoms with Crippen molar-refractivity contribution in [2.45, 2.75) is 27.2 Å². The van der Waals surface area contributed by atoms with Gasteiger partial charge in [-0.3, -0.25) is 4.79 Å². The average Bonchev–Trinajstić information content (AvgIpc) is 2.30. The fourth-order valence-electron chi connectivity index (χ4n) is 1.45. The van der Waals surface area contributed by atoms with Gasteiger partial charge < -0.3 is 4.90 Å². The number of hydrogen-bond donors (Lipinski definition) is 0. The third-order valence-electron chi connectivity index (χ3n) is 2.34. The molecule has 0 atom stereocenters. The molecule has 0 saturated heterocycles. The lowest BCUT2D eigenvalue weighted by Gasteiger charge is -2.20. The van der Waals surface area contributed by atoms with Gasteiger partial charge in [-0.25, -0.2) is 9.97 Å². The molecule has 0 aliphatic heterocycles. The largest absolute Gasteiger partial charge is 0.357 e. The van der Waals surface area contributed by atoms with Gasteiger partial charge in [0.25, 0.3) is 0 Å². The molecule has 4 nitrogen and oxygen atoms in total. The van der Waals surface area contributed by atoms with Gasteiger partial charge in [-0.05, 0) is 20.3 Å². The van der Waals surface area contributed by atoms with Crippen LogP contribution in [0.5, 0.6) is 0 Å². The molecule has 1 rings (SSSR count). The summed E-state index contributed by atoms with van der Waals surface area (Å²) in [7, 11) is 0. The summed E-state index contributed by atoms with van der Waals surface area (Å²) in [5.74, 6) is 1.12. The minimum atomic E-state index is 0.274. The van der Waals surface area contributed by atoms with Gasteiger partial charge in [0.1, 0.15) is 5.82 Å². The van der Waals surface area contributed by atoms with Crippen LogP contribution in [0.2, 0.25) is 0 Å². The lowest BCUT2D eigenvalue weighted by molar-refractivity contribution is 0.111. The standard InChI is InChI=1S/C11H17N3O/c1-4-9-7-11(14(5-2)6-3)13-10(8-15)12-9/h7-8H,4-6H2,1-3H3. The third kappa shape index (κ3) is 2.75. The van der Waals surface area contributed by atoms with E-state index in [0.717, 1.165) is 31.0 Å². The Bertz CT molecular complexity index is 335. The monoisotopic (exact) mass is 207 g/mol. The van der Waals surface area contributed by atoms with Crippen molar-refractivity contribution in [2.24, 2.45) is 0 Å². The van der Waals surface area contributed by atoms with Gasteiger partial charge >= 0.3 is 0 Å². The smallest absolute Gasteiger partial charge is 0.194 e. The molecular weight excluding hydrogens is 190 g/mol. The maximum Gasteiger partial charge on any atom is 0.194 e. The SMILES string of the molecule is CCc1cc(N(CC)CC)nc(C=O)n1. The Kier molecular flexibility index (Phi) is 4.21. The molecule has 0 radical (unpaired) electrons. The first kappa shape index (κ1) is 11.6. The molecule has 15 heavy (non-hydrogen) atoms. The quantitative estimate of drug-likeness (QED) is 0.689. The average molecular weight is 207 g/mol. The Morgan fingerprint density at radius 3 is 2.40 bits per heavy atom. The lowest BCUT2D eigenvalue weighted by Crippen LogP contribution is -2.23. The highest BCUT2D eigenvalue weighted by Crippen LogP contribution is 2.12. The molecule has 0 N–H and O–H groups in total. The van der Waals surface area contributed by atoms with Crippen molar-refractivity contribution in [3.05, 3.63) is 17.6 Å². The fraction of sp³-hybridized carbons (Fsp3) is 0.545. The maximum atomic E-state index is 10.7. The summed E-state index contributed by atoms with van der Waals surface area (Å²) in [4.78, 5) is 21.1. The Labute approximate surface area is 90.3 Å². The van der Waals surface area contributed by atoms with Gasteiger partial charge in [-0.2, -0.15) is 0 Å². The molecule has 0 amide bonds. The molecule has 0 spiro atoms. The summed E-state index contributed by atoms with van der Waals surface area (Å²) < 4.78 is 0. The topological polar surface area (TPSA) is 46.1 Å². The van der Waals surface area contributed by atoms with Crippen LogP contribution in [0.4, 0.5) is 5.82 Å². The highest BCUT2D eigenvalue weighted by atomic mass is 16.1. The van der Waals surface area contributed by atoms with E-state index in [1.807, 2.05) is 13.0 Å². The highest BCUT2D eigenvalue weighted by molar-refractivity contribution is 5.69. The van der Waals surface area contributed by atoms with E-state index < -0.39 is 0 Å². The number of aryl methyl sites for hydroxylation is 1. The normalized spacial score (nSPS) is 10.1. The van der Waals surface area contributed by atoms with E-state index in [2.05, 4.69) is 28.7 Å². The summed E-state index contributed by atoms with van der Waals surface area (Å²) in [5, 5.41) is 0. The first-order valence-corrected chi connectivity index (χ1v) is 5.33. The van der Waals surface area contributed by atoms with Crippen LogP contribution in [0.25, 0.3) is 0 Å². The van der Waals surface area contributed by atoms with E-state index in [9.17, 15) is 4.79 Å². The summed E-state index contributed by atoms with van der Waals surface area (Å²) in [6.45, 7) is 7.92. The van der Waals surface area contributed by atoms with Gasteiger partial charge in [-0.15, -0.1) is 0 Å². The van der Waals surface area contributed by atoms with Crippen molar-refractivity contribution < 1.29 is 4.79 Å². The summed E-state index contributed by atoms with van der Waals surface area (Å²) in [6, 6.07) is 1.94. The lowest BCUT2D eigenvalue weighted by atomic mass is 10.3. The summed E-state index contributed by atoms with van der Waals surface area (Å²) >= 11 is 0. The van der Waals surface area contributed by atoms with Crippen LogP contribution in [-0.4, -0.2) is 29.3 Å². The van der Waals surface area contributed by atoms with Crippen molar-refractivity contribution in [3.63, 3.8) is 0 Å². The van der Waals surface area contributed by atoms with Crippen LogP contribution in [0.3, 0.4) is 0 Å². The minimum Gasteiger partial charge on any atom is -0.357 e. The number of aromatic nitrogens is 2. The van der Waals surface area contributed by atoms with E-state index >= 15 is 0 Å². The van der Waals surface area contributed by atoms with Gasteiger partial charge in [0.2, 0.25) is 0 Å². The van der Waals surface area contributed by atoms with Crippen molar-refractivity contribution in [3.8, 4) is 0 Å². The van der Waals surface area contributed by atoms with E-state index in [-0.39, 0.29) is 5.82 Å². The van der Waals surface area contributed by atoms with Crippen LogP contribution in [0.1, 0.15) is 37.1 Å². The Morgan fingerprint density at radius 2 is 1.93 bits per heavy atom. The molecule has 0 saturated carbocycles. The first-order chi connectivity index (χ1) is 7.24. The summed E-state index contributed by atoms with van der Waals surface area (Å²) in [5.41, 5.74) is 0.911. The second-order valence-electron chi connectivity index (χ2n) is 3.22. The van der Waals surface area contributed by atoms with Crippen LogP contribution in [-0.2, 0) is 6.42 Å². The number of rotatable bonds is 5. The Balaban J connectivity index is 3.10. The molecule has 0 bridgehead atoms. The molecule has 0 aliphatic rings. The number of aldehydes is 1. The molecule has 82 valence electrons. The molecule has 0 fully saturated rings. The number of nitrogens with zero attached hydrogens (tertiary/aromatic N) is 3. The Hall–Kier alpha value is -1.45. The zero-order valence-electron chi connectivity index (χ0n) is 9.53. The maximum absolute atomic E-state index is 10.7. The van der Waals surface area contributed by atoms with Crippen LogP contribution in [0.15, 0.2) is 6.07 Å². The van der Waals surface area contributed by atoms with Crippen LogP contribution < -0.4 is 4.90 Å². The molecule has 1 heterocycles. The van der Waals surface area contributed by atoms with E-state index in [1.54, 1.807) is 0 Å². The zero-order chi connectivity index (χ0) is 11.3. The number of carbonyl (C=O) groups is 1. The molecule has 4 heteroatoms. The van der Waals surface area contributed by atoms with Gasteiger partial charge in [-0.1, -0.05) is 6.92 Å². The second kappa shape index (κ2) is 5.44. The van der Waals surface area contributed by atoms with Crippen molar-refractivity contribution in [1.82, 2.24) is 9.97 Å². The van der Waals surface area contributed by atoms with Crippen molar-refractivity contribution >= 4 is 12.1 Å². The van der Waals surface area contributed by atoms with Gasteiger partial charge in [0.05, 0.1) is 0 Å². The predicted octanol–water partition coefficient (Wildman–Crippen LogP) is 1.70. The van der Waals surface area contributed by atoms with Gasteiger partial charge in [0.15, 0.2) is 12.1 Å². The molecular formula is C11H17N3O. The first-order valence-electron chi connectivity index (χ1n) is 5.33. The van der Waals surface area contributed by atoms with Crippen molar-refractivity contribution in [2.75, 3.05) is 18.0 Å². The van der Waals surface area contributed by atoms with E-state index in [4.69, 9.17) is 0 Å². The van der Waals surface area contributed by atoms with E-state index in [1.165, 1.54) is 0 Å². The molecule has 0 aliphatic carbocycles.